The Morgan fingerprint density at radius 1 is 1.04 bits per heavy atom. The van der Waals surface area contributed by atoms with E-state index in [4.69, 9.17) is 5.73 Å². The fraction of sp³-hybridized carbons (Fsp3) is 0.263. The molecule has 0 heterocycles. The maximum Gasteiger partial charge on any atom is 0.229 e. The monoisotopic (exact) mass is 361 g/mol. The van der Waals surface area contributed by atoms with Crippen LogP contribution in [-0.2, 0) is 9.59 Å². The molecule has 2 amide bonds. The Morgan fingerprint density at radius 2 is 1.68 bits per heavy atom. The number of benzene rings is 2. The SMILES string of the molecule is CC(=O)Nc1cc(NC(=O)C(C)C(N)c2ccccc2)ccc1C.Cl. The summed E-state index contributed by atoms with van der Waals surface area (Å²) in [6.45, 7) is 5.15. The maximum atomic E-state index is 12.5. The maximum absolute atomic E-state index is 12.5. The highest BCUT2D eigenvalue weighted by atomic mass is 35.5. The Balaban J connectivity index is 0.00000312. The highest BCUT2D eigenvalue weighted by Gasteiger charge is 2.22. The predicted octanol–water partition coefficient (Wildman–Crippen LogP) is 3.65. The van der Waals surface area contributed by atoms with Gasteiger partial charge in [-0.25, -0.2) is 0 Å². The van der Waals surface area contributed by atoms with Crippen LogP contribution in [0, 0.1) is 12.8 Å². The molecule has 2 aromatic rings. The summed E-state index contributed by atoms with van der Waals surface area (Å²) in [7, 11) is 0. The molecule has 0 bridgehead atoms. The highest BCUT2D eigenvalue weighted by Crippen LogP contribution is 2.23. The molecular formula is C19H24ClN3O2. The number of hydrogen-bond donors (Lipinski definition) is 3. The van der Waals surface area contributed by atoms with Gasteiger partial charge >= 0.3 is 0 Å². The van der Waals surface area contributed by atoms with Gasteiger partial charge in [0.25, 0.3) is 0 Å². The lowest BCUT2D eigenvalue weighted by molar-refractivity contribution is -0.120. The zero-order chi connectivity index (χ0) is 17.7. The van der Waals surface area contributed by atoms with Crippen molar-refractivity contribution in [2.75, 3.05) is 10.6 Å². The summed E-state index contributed by atoms with van der Waals surface area (Å²) in [5, 5.41) is 5.61. The average molecular weight is 362 g/mol. The van der Waals surface area contributed by atoms with E-state index in [9.17, 15) is 9.59 Å². The number of hydrogen-bond acceptors (Lipinski definition) is 3. The number of nitrogens with one attached hydrogen (secondary N) is 2. The molecule has 0 saturated carbocycles. The van der Waals surface area contributed by atoms with Gasteiger partial charge in [0.1, 0.15) is 0 Å². The minimum Gasteiger partial charge on any atom is -0.326 e. The summed E-state index contributed by atoms with van der Waals surface area (Å²) in [5.74, 6) is -0.706. The van der Waals surface area contributed by atoms with Crippen molar-refractivity contribution in [2.24, 2.45) is 11.7 Å². The molecule has 2 aromatic carbocycles. The summed E-state index contributed by atoms with van der Waals surface area (Å²) < 4.78 is 0. The molecule has 0 aromatic heterocycles. The number of anilines is 2. The smallest absolute Gasteiger partial charge is 0.229 e. The summed E-state index contributed by atoms with van der Waals surface area (Å²) >= 11 is 0. The van der Waals surface area contributed by atoms with Crippen LogP contribution in [0.25, 0.3) is 0 Å². The van der Waals surface area contributed by atoms with Gasteiger partial charge in [0, 0.05) is 24.3 Å². The van der Waals surface area contributed by atoms with Crippen LogP contribution in [-0.4, -0.2) is 11.8 Å². The molecular weight excluding hydrogens is 338 g/mol. The van der Waals surface area contributed by atoms with Gasteiger partial charge in [0.05, 0.1) is 5.92 Å². The second-order valence-corrected chi connectivity index (χ2v) is 5.93. The number of carbonyl (C=O) groups is 2. The number of nitrogens with two attached hydrogens (primary N) is 1. The normalized spacial score (nSPS) is 12.5. The summed E-state index contributed by atoms with van der Waals surface area (Å²) in [5.41, 5.74) is 9.35. The molecule has 2 rings (SSSR count). The first-order valence-electron chi connectivity index (χ1n) is 7.88. The van der Waals surface area contributed by atoms with Crippen LogP contribution < -0.4 is 16.4 Å². The van der Waals surface area contributed by atoms with Gasteiger partial charge in [0.2, 0.25) is 11.8 Å². The summed E-state index contributed by atoms with van der Waals surface area (Å²) in [6.07, 6.45) is 0. The largest absolute Gasteiger partial charge is 0.326 e. The van der Waals surface area contributed by atoms with Gasteiger partial charge < -0.3 is 16.4 Å². The van der Waals surface area contributed by atoms with Crippen LogP contribution in [0.5, 0.6) is 0 Å². The Hall–Kier alpha value is -2.37. The molecule has 6 heteroatoms. The minimum atomic E-state index is -0.391. The number of aryl methyl sites for hydroxylation is 1. The number of carbonyl (C=O) groups excluding carboxylic acids is 2. The first kappa shape index (κ1) is 20.7. The number of amides is 2. The molecule has 5 nitrogen and oxygen atoms in total. The summed E-state index contributed by atoms with van der Waals surface area (Å²) in [4.78, 5) is 23.7. The van der Waals surface area contributed by atoms with Crippen LogP contribution in [0.15, 0.2) is 48.5 Å². The van der Waals surface area contributed by atoms with Crippen molar-refractivity contribution in [3.8, 4) is 0 Å². The van der Waals surface area contributed by atoms with Gasteiger partial charge in [-0.15, -0.1) is 12.4 Å². The average Bonchev–Trinajstić information content (AvgIpc) is 2.56. The second kappa shape index (κ2) is 9.20. The van der Waals surface area contributed by atoms with Crippen LogP contribution in [0.3, 0.4) is 0 Å². The van der Waals surface area contributed by atoms with Crippen molar-refractivity contribution in [3.63, 3.8) is 0 Å². The molecule has 2 atom stereocenters. The molecule has 0 radical (unpaired) electrons. The van der Waals surface area contributed by atoms with E-state index in [1.54, 1.807) is 19.1 Å². The lowest BCUT2D eigenvalue weighted by Crippen LogP contribution is -2.30. The van der Waals surface area contributed by atoms with Gasteiger partial charge in [-0.05, 0) is 30.2 Å². The third-order valence-electron chi connectivity index (χ3n) is 3.95. The first-order valence-corrected chi connectivity index (χ1v) is 7.88. The molecule has 0 spiro atoms. The molecule has 0 saturated heterocycles. The van der Waals surface area contributed by atoms with Gasteiger partial charge in [-0.3, -0.25) is 9.59 Å². The standard InChI is InChI=1S/C19H23N3O2.ClH/c1-12-9-10-16(11-17(12)21-14(3)23)22-19(24)13(2)18(20)15-7-5-4-6-8-15;/h4-11,13,18H,20H2,1-3H3,(H,21,23)(H,22,24);1H. The first-order chi connectivity index (χ1) is 11.4. The van der Waals surface area contributed by atoms with Crippen LogP contribution in [0.4, 0.5) is 11.4 Å². The number of halogens is 1. The molecule has 0 aliphatic heterocycles. The highest BCUT2D eigenvalue weighted by molar-refractivity contribution is 5.95. The van der Waals surface area contributed by atoms with Gasteiger partial charge in [0.15, 0.2) is 0 Å². The van der Waals surface area contributed by atoms with E-state index in [0.29, 0.717) is 11.4 Å². The van der Waals surface area contributed by atoms with E-state index >= 15 is 0 Å². The van der Waals surface area contributed by atoms with Gasteiger partial charge in [-0.2, -0.15) is 0 Å². The third kappa shape index (κ3) is 5.59. The van der Waals surface area contributed by atoms with Crippen molar-refractivity contribution >= 4 is 35.6 Å². The van der Waals surface area contributed by atoms with Crippen molar-refractivity contribution in [1.82, 2.24) is 0 Å². The Kier molecular flexibility index (Phi) is 7.61. The van der Waals surface area contributed by atoms with Gasteiger partial charge in [-0.1, -0.05) is 43.3 Å². The quantitative estimate of drug-likeness (QED) is 0.760. The lowest BCUT2D eigenvalue weighted by Gasteiger charge is -2.20. The fourth-order valence-electron chi connectivity index (χ4n) is 2.41. The Morgan fingerprint density at radius 3 is 2.28 bits per heavy atom. The molecule has 0 aliphatic rings. The topological polar surface area (TPSA) is 84.2 Å². The zero-order valence-electron chi connectivity index (χ0n) is 14.6. The predicted molar refractivity (Wildman–Crippen MR) is 104 cm³/mol. The Bertz CT molecular complexity index is 735. The lowest BCUT2D eigenvalue weighted by atomic mass is 9.94. The third-order valence-corrected chi connectivity index (χ3v) is 3.95. The summed E-state index contributed by atoms with van der Waals surface area (Å²) in [6, 6.07) is 14.6. The van der Waals surface area contributed by atoms with Crippen molar-refractivity contribution in [2.45, 2.75) is 26.8 Å². The van der Waals surface area contributed by atoms with Crippen LogP contribution in [0.1, 0.15) is 31.0 Å². The van der Waals surface area contributed by atoms with Crippen molar-refractivity contribution < 1.29 is 9.59 Å². The van der Waals surface area contributed by atoms with E-state index in [0.717, 1.165) is 11.1 Å². The van der Waals surface area contributed by atoms with Crippen LogP contribution >= 0.6 is 12.4 Å². The molecule has 0 fully saturated rings. The van der Waals surface area contributed by atoms with Crippen LogP contribution in [0.2, 0.25) is 0 Å². The van der Waals surface area contributed by atoms with E-state index in [1.807, 2.05) is 43.3 Å². The van der Waals surface area contributed by atoms with Crippen molar-refractivity contribution in [1.29, 1.82) is 0 Å². The fourth-order valence-corrected chi connectivity index (χ4v) is 2.41. The zero-order valence-corrected chi connectivity index (χ0v) is 15.4. The van der Waals surface area contributed by atoms with E-state index in [-0.39, 0.29) is 30.3 Å². The second-order valence-electron chi connectivity index (χ2n) is 5.93. The number of rotatable bonds is 5. The molecule has 134 valence electrons. The molecule has 2 unspecified atom stereocenters. The Labute approximate surface area is 154 Å². The van der Waals surface area contributed by atoms with E-state index in [1.165, 1.54) is 6.92 Å². The molecule has 4 N–H and O–H groups in total. The minimum absolute atomic E-state index is 0. The molecule has 0 aliphatic carbocycles. The van der Waals surface area contributed by atoms with E-state index in [2.05, 4.69) is 10.6 Å². The molecule has 25 heavy (non-hydrogen) atoms. The van der Waals surface area contributed by atoms with Crippen molar-refractivity contribution in [3.05, 3.63) is 59.7 Å². The van der Waals surface area contributed by atoms with E-state index < -0.39 is 5.92 Å².